The van der Waals surface area contributed by atoms with E-state index in [1.165, 1.54) is 95.7 Å². The number of H-pyrrole nitrogens is 1. The number of thiophene rings is 2. The summed E-state index contributed by atoms with van der Waals surface area (Å²) in [5.41, 5.74) is 12.8. The first kappa shape index (κ1) is 21.5. The molecule has 0 amide bonds. The topological polar surface area (TPSA) is 20.7 Å². The number of fused-ring (bicyclic) bond motifs is 12. The van der Waals surface area contributed by atoms with E-state index < -0.39 is 0 Å². The summed E-state index contributed by atoms with van der Waals surface area (Å²) in [6.07, 6.45) is 0. The van der Waals surface area contributed by atoms with E-state index in [4.69, 9.17) is 0 Å². The highest BCUT2D eigenvalue weighted by molar-refractivity contribution is 7.27. The number of rotatable bonds is 1. The minimum Gasteiger partial charge on any atom is -0.353 e. The zero-order valence-corrected chi connectivity index (χ0v) is 23.2. The van der Waals surface area contributed by atoms with Crippen LogP contribution in [0.5, 0.6) is 0 Å². The second-order valence-corrected chi connectivity index (χ2v) is 13.0. The molecule has 0 saturated carbocycles. The molecule has 1 aliphatic rings. The van der Waals surface area contributed by atoms with Crippen molar-refractivity contribution in [1.29, 1.82) is 0 Å². The SMILES string of the molecule is Cc1cc(-c2cccc3c2[nH]c2c4ccccc4sc32)c2c(c1)-n1c3c(cccc3c3sc4ccccc4c31)[B]2. The number of nitrogens with one attached hydrogen (secondary N) is 1. The first-order chi connectivity index (χ1) is 19.7. The number of nitrogens with zero attached hydrogens (tertiary/aromatic N) is 1. The first-order valence-corrected chi connectivity index (χ1v) is 15.2. The zero-order valence-electron chi connectivity index (χ0n) is 21.6. The third kappa shape index (κ3) is 2.60. The van der Waals surface area contributed by atoms with Crippen LogP contribution in [-0.2, 0) is 0 Å². The Morgan fingerprint density at radius 2 is 1.35 bits per heavy atom. The Morgan fingerprint density at radius 1 is 0.625 bits per heavy atom. The smallest absolute Gasteiger partial charge is 0.197 e. The van der Waals surface area contributed by atoms with Crippen LogP contribution in [0.4, 0.5) is 0 Å². The number of aromatic amines is 1. The van der Waals surface area contributed by atoms with E-state index in [1.807, 2.05) is 22.7 Å². The lowest BCUT2D eigenvalue weighted by Crippen LogP contribution is -2.37. The summed E-state index contributed by atoms with van der Waals surface area (Å²) >= 11 is 3.79. The minimum absolute atomic E-state index is 1.22. The van der Waals surface area contributed by atoms with Gasteiger partial charge >= 0.3 is 0 Å². The van der Waals surface area contributed by atoms with Gasteiger partial charge in [0, 0.05) is 47.7 Å². The van der Waals surface area contributed by atoms with Crippen molar-refractivity contribution in [2.75, 3.05) is 0 Å². The molecular weight excluding hydrogens is 523 g/mol. The fraction of sp³-hybridized carbons (Fsp3) is 0.0286. The molecule has 1 aliphatic heterocycles. The van der Waals surface area contributed by atoms with Crippen LogP contribution >= 0.6 is 22.7 Å². The molecule has 1 radical (unpaired) electrons. The number of aryl methyl sites for hydroxylation is 1. The fourth-order valence-electron chi connectivity index (χ4n) is 6.98. The number of hydrogen-bond donors (Lipinski definition) is 1. The normalized spacial score (nSPS) is 12.8. The number of aromatic nitrogens is 2. The molecule has 10 rings (SSSR count). The van der Waals surface area contributed by atoms with Crippen LogP contribution in [0, 0.1) is 6.92 Å². The van der Waals surface area contributed by atoms with E-state index in [9.17, 15) is 0 Å². The van der Waals surface area contributed by atoms with Crippen molar-refractivity contribution >= 4 is 103 Å². The lowest BCUT2D eigenvalue weighted by Gasteiger charge is -2.24. The van der Waals surface area contributed by atoms with E-state index in [0.29, 0.717) is 0 Å². The van der Waals surface area contributed by atoms with Crippen molar-refractivity contribution in [2.24, 2.45) is 0 Å². The van der Waals surface area contributed by atoms with Crippen LogP contribution in [0.25, 0.3) is 79.2 Å². The van der Waals surface area contributed by atoms with Gasteiger partial charge in [0.1, 0.15) is 0 Å². The van der Waals surface area contributed by atoms with Crippen molar-refractivity contribution in [3.63, 3.8) is 0 Å². The van der Waals surface area contributed by atoms with Crippen LogP contribution in [0.15, 0.2) is 97.1 Å². The Bertz CT molecular complexity index is 2540. The third-order valence-corrected chi connectivity index (χ3v) is 11.0. The molecule has 5 heterocycles. The lowest BCUT2D eigenvalue weighted by molar-refractivity contribution is 1.19. The number of para-hydroxylation sites is 2. The van der Waals surface area contributed by atoms with Gasteiger partial charge in [-0.25, -0.2) is 0 Å². The van der Waals surface area contributed by atoms with Gasteiger partial charge in [-0.05, 0) is 41.7 Å². The summed E-state index contributed by atoms with van der Waals surface area (Å²) in [6.45, 7) is 2.23. The van der Waals surface area contributed by atoms with Crippen molar-refractivity contribution in [1.82, 2.24) is 9.55 Å². The van der Waals surface area contributed by atoms with E-state index in [1.54, 1.807) is 0 Å². The van der Waals surface area contributed by atoms with Crippen LogP contribution in [0.2, 0.25) is 0 Å². The fourth-order valence-corrected chi connectivity index (χ4v) is 9.38. The average Bonchev–Trinajstić information content (AvgIpc) is 3.72. The molecule has 40 heavy (non-hydrogen) atoms. The van der Waals surface area contributed by atoms with E-state index in [2.05, 4.69) is 121 Å². The van der Waals surface area contributed by atoms with Gasteiger partial charge in [0.05, 0.1) is 25.9 Å². The number of hydrogen-bond acceptors (Lipinski definition) is 2. The molecule has 0 fully saturated rings. The summed E-state index contributed by atoms with van der Waals surface area (Å²) in [7, 11) is 2.41. The molecule has 1 N–H and O–H groups in total. The number of benzene rings is 5. The largest absolute Gasteiger partial charge is 0.353 e. The molecular formula is C35H20BN2S2. The van der Waals surface area contributed by atoms with Gasteiger partial charge in [-0.2, -0.15) is 0 Å². The van der Waals surface area contributed by atoms with E-state index >= 15 is 0 Å². The zero-order chi connectivity index (χ0) is 26.1. The second kappa shape index (κ2) is 7.45. The summed E-state index contributed by atoms with van der Waals surface area (Å²) < 4.78 is 7.94. The molecule has 5 heteroatoms. The quantitative estimate of drug-likeness (QED) is 0.200. The monoisotopic (exact) mass is 543 g/mol. The highest BCUT2D eigenvalue weighted by Gasteiger charge is 2.28. The van der Waals surface area contributed by atoms with Gasteiger partial charge in [-0.1, -0.05) is 84.3 Å². The molecule has 0 aliphatic carbocycles. The highest BCUT2D eigenvalue weighted by Crippen LogP contribution is 2.44. The Kier molecular flexibility index (Phi) is 4.00. The van der Waals surface area contributed by atoms with E-state index in [-0.39, 0.29) is 0 Å². The maximum absolute atomic E-state index is 3.87. The van der Waals surface area contributed by atoms with Crippen molar-refractivity contribution in [3.05, 3.63) is 103 Å². The van der Waals surface area contributed by atoms with Gasteiger partial charge in [0.2, 0.25) is 0 Å². The molecule has 5 aromatic carbocycles. The molecule has 0 unspecified atom stereocenters. The van der Waals surface area contributed by atoms with Crippen LogP contribution in [0.3, 0.4) is 0 Å². The Balaban J connectivity index is 1.33. The van der Waals surface area contributed by atoms with Gasteiger partial charge in [-0.15, -0.1) is 22.7 Å². The average molecular weight is 544 g/mol. The molecule has 185 valence electrons. The molecule has 0 atom stereocenters. The van der Waals surface area contributed by atoms with Crippen LogP contribution in [0.1, 0.15) is 5.56 Å². The van der Waals surface area contributed by atoms with Gasteiger partial charge in [0.25, 0.3) is 0 Å². The predicted octanol–water partition coefficient (Wildman–Crippen LogP) is 8.79. The third-order valence-electron chi connectivity index (χ3n) is 8.62. The molecule has 0 saturated heterocycles. The Morgan fingerprint density at radius 3 is 2.25 bits per heavy atom. The minimum atomic E-state index is 1.22. The first-order valence-electron chi connectivity index (χ1n) is 13.6. The standard InChI is InChI=1S/C35H20BN2S2/c1-18-16-24(19-10-6-11-22-30(19)37-31-20-8-2-4-14-27(20)39-34(22)31)29-26(17-18)38-32-23(12-7-13-25(32)36-29)35-33(38)21-9-3-5-15-28(21)40-35/h2-17,37H,1H3. The Hall–Kier alpha value is -4.32. The summed E-state index contributed by atoms with van der Waals surface area (Å²) in [6, 6.07) is 35.9. The summed E-state index contributed by atoms with van der Waals surface area (Å²) in [5, 5.41) is 5.28. The van der Waals surface area contributed by atoms with Gasteiger partial charge in [0.15, 0.2) is 7.28 Å². The van der Waals surface area contributed by atoms with Gasteiger partial charge < -0.3 is 9.55 Å². The lowest BCUT2D eigenvalue weighted by atomic mass is 9.59. The second-order valence-electron chi connectivity index (χ2n) is 10.9. The molecule has 2 nitrogen and oxygen atoms in total. The summed E-state index contributed by atoms with van der Waals surface area (Å²) in [5.74, 6) is 0. The van der Waals surface area contributed by atoms with Crippen molar-refractivity contribution in [3.8, 4) is 16.8 Å². The van der Waals surface area contributed by atoms with Crippen molar-refractivity contribution in [2.45, 2.75) is 6.92 Å². The molecule has 9 aromatic rings. The predicted molar refractivity (Wildman–Crippen MR) is 176 cm³/mol. The maximum atomic E-state index is 3.87. The summed E-state index contributed by atoms with van der Waals surface area (Å²) in [4.78, 5) is 3.87. The highest BCUT2D eigenvalue weighted by atomic mass is 32.1. The Labute approximate surface area is 238 Å². The van der Waals surface area contributed by atoms with Crippen LogP contribution in [-0.4, -0.2) is 16.8 Å². The van der Waals surface area contributed by atoms with E-state index in [0.717, 1.165) is 0 Å². The van der Waals surface area contributed by atoms with Crippen LogP contribution < -0.4 is 10.9 Å². The van der Waals surface area contributed by atoms with Gasteiger partial charge in [-0.3, -0.25) is 0 Å². The molecule has 0 bridgehead atoms. The van der Waals surface area contributed by atoms with Crippen molar-refractivity contribution < 1.29 is 0 Å². The molecule has 0 spiro atoms. The molecule has 4 aromatic heterocycles. The maximum Gasteiger partial charge on any atom is 0.197 e.